The van der Waals surface area contributed by atoms with E-state index in [1.54, 1.807) is 6.92 Å². The second-order valence-corrected chi connectivity index (χ2v) is 9.48. The number of anilines is 1. The molecule has 8 heteroatoms. The summed E-state index contributed by atoms with van der Waals surface area (Å²) in [5.74, 6) is -2.64. The molecule has 2 aromatic carbocycles. The zero-order chi connectivity index (χ0) is 24.8. The highest BCUT2D eigenvalue weighted by atomic mass is 19.4. The molecule has 2 N–H and O–H groups in total. The lowest BCUT2D eigenvalue weighted by Crippen LogP contribution is -2.39. The molecule has 0 saturated heterocycles. The number of allylic oxidation sites excluding steroid dienone is 3. The Kier molecular flexibility index (Phi) is 5.87. The highest BCUT2D eigenvalue weighted by Crippen LogP contribution is 2.49. The highest BCUT2D eigenvalue weighted by Gasteiger charge is 2.45. The Hall–Kier alpha value is -3.42. The summed E-state index contributed by atoms with van der Waals surface area (Å²) < 4.78 is 55.3. The van der Waals surface area contributed by atoms with Gasteiger partial charge < -0.3 is 10.6 Å². The molecule has 1 amide bonds. The summed E-state index contributed by atoms with van der Waals surface area (Å²) >= 11 is 0. The maximum atomic E-state index is 14.0. The van der Waals surface area contributed by atoms with Crippen LogP contribution in [0.5, 0.6) is 0 Å². The molecule has 0 radical (unpaired) electrons. The molecule has 1 aliphatic heterocycles. The lowest BCUT2D eigenvalue weighted by molar-refractivity contribution is -0.138. The first kappa shape index (κ1) is 23.7. The molecule has 2 aliphatic rings. The fourth-order valence-electron chi connectivity index (χ4n) is 4.79. The molecule has 0 fully saturated rings. The minimum Gasteiger partial charge on any atom is -0.362 e. The number of alkyl halides is 3. The van der Waals surface area contributed by atoms with Crippen molar-refractivity contribution in [2.45, 2.75) is 45.7 Å². The summed E-state index contributed by atoms with van der Waals surface area (Å²) in [6, 6.07) is 10.1. The van der Waals surface area contributed by atoms with Gasteiger partial charge in [-0.05, 0) is 54.7 Å². The zero-order valence-corrected chi connectivity index (χ0v) is 18.9. The van der Waals surface area contributed by atoms with Crippen LogP contribution in [0.2, 0.25) is 0 Å². The average molecular weight is 472 g/mol. The van der Waals surface area contributed by atoms with E-state index in [9.17, 15) is 27.2 Å². The number of rotatable bonds is 3. The van der Waals surface area contributed by atoms with E-state index in [1.165, 1.54) is 42.5 Å². The summed E-state index contributed by atoms with van der Waals surface area (Å²) in [7, 11) is 0. The second kappa shape index (κ2) is 8.42. The van der Waals surface area contributed by atoms with Gasteiger partial charge in [0, 0.05) is 40.6 Å². The Morgan fingerprint density at radius 2 is 1.71 bits per heavy atom. The monoisotopic (exact) mass is 472 g/mol. The molecule has 34 heavy (non-hydrogen) atoms. The van der Waals surface area contributed by atoms with Gasteiger partial charge in [-0.1, -0.05) is 32.0 Å². The lowest BCUT2D eigenvalue weighted by atomic mass is 9.68. The Labute approximate surface area is 194 Å². The minimum absolute atomic E-state index is 0.0211. The van der Waals surface area contributed by atoms with E-state index < -0.39 is 29.4 Å². The first-order chi connectivity index (χ1) is 15.9. The van der Waals surface area contributed by atoms with Crippen LogP contribution in [0.1, 0.15) is 50.7 Å². The first-order valence-electron chi connectivity index (χ1n) is 10.8. The molecule has 4 nitrogen and oxygen atoms in total. The molecule has 0 aromatic heterocycles. The number of amides is 1. The van der Waals surface area contributed by atoms with Gasteiger partial charge in [-0.15, -0.1) is 0 Å². The molecule has 0 bridgehead atoms. The molecule has 1 atom stereocenters. The van der Waals surface area contributed by atoms with Crippen molar-refractivity contribution in [1.29, 1.82) is 0 Å². The van der Waals surface area contributed by atoms with Crippen molar-refractivity contribution in [1.82, 2.24) is 5.32 Å². The van der Waals surface area contributed by atoms with Gasteiger partial charge in [0.2, 0.25) is 0 Å². The van der Waals surface area contributed by atoms with Gasteiger partial charge in [0.15, 0.2) is 5.78 Å². The number of carbonyl (C=O) groups excluding carboxylic acids is 2. The fraction of sp³-hybridized carbons (Fsp3) is 0.308. The number of dihydropyridines is 1. The smallest absolute Gasteiger partial charge is 0.362 e. The van der Waals surface area contributed by atoms with Crippen molar-refractivity contribution in [3.8, 4) is 0 Å². The topological polar surface area (TPSA) is 58.2 Å². The summed E-state index contributed by atoms with van der Waals surface area (Å²) in [5, 5.41) is 5.76. The molecule has 0 saturated carbocycles. The van der Waals surface area contributed by atoms with Crippen LogP contribution in [-0.2, 0) is 15.8 Å². The maximum Gasteiger partial charge on any atom is 0.416 e. The van der Waals surface area contributed by atoms with E-state index in [0.717, 1.165) is 6.07 Å². The van der Waals surface area contributed by atoms with Crippen LogP contribution >= 0.6 is 0 Å². The number of nitrogens with one attached hydrogen (secondary N) is 2. The molecule has 0 spiro atoms. The predicted octanol–water partition coefficient (Wildman–Crippen LogP) is 6.09. The lowest BCUT2D eigenvalue weighted by Gasteiger charge is -2.40. The maximum absolute atomic E-state index is 14.0. The zero-order valence-electron chi connectivity index (χ0n) is 18.9. The number of hydrogen-bond acceptors (Lipinski definition) is 3. The van der Waals surface area contributed by atoms with Gasteiger partial charge in [-0.25, -0.2) is 4.39 Å². The average Bonchev–Trinajstić information content (AvgIpc) is 2.72. The predicted molar refractivity (Wildman–Crippen MR) is 120 cm³/mol. The standard InChI is InChI=1S/C26H24F4N2O2/c1-14-21(24(34)32-16-10-8-15(27)9-11-16)22(17-6-4-5-7-18(17)26(28,29)30)23-19(31-14)12-25(2,3)13-20(23)33/h4-11,22,31H,12-13H2,1-3H3,(H,32,34)/t22-/m1/s1. The van der Waals surface area contributed by atoms with E-state index in [4.69, 9.17) is 0 Å². The van der Waals surface area contributed by atoms with Crippen LogP contribution in [-0.4, -0.2) is 11.7 Å². The van der Waals surface area contributed by atoms with Crippen molar-refractivity contribution < 1.29 is 27.2 Å². The van der Waals surface area contributed by atoms with Gasteiger partial charge in [0.1, 0.15) is 5.82 Å². The summed E-state index contributed by atoms with van der Waals surface area (Å²) in [6.45, 7) is 5.45. The summed E-state index contributed by atoms with van der Waals surface area (Å²) in [6.07, 6.45) is -4.06. The van der Waals surface area contributed by atoms with Gasteiger partial charge >= 0.3 is 6.18 Å². The second-order valence-electron chi connectivity index (χ2n) is 9.48. The van der Waals surface area contributed by atoms with E-state index in [2.05, 4.69) is 10.6 Å². The van der Waals surface area contributed by atoms with Crippen LogP contribution in [0.4, 0.5) is 23.2 Å². The Bertz CT molecular complexity index is 1220. The number of halogens is 4. The fourth-order valence-corrected chi connectivity index (χ4v) is 4.79. The van der Waals surface area contributed by atoms with Crippen LogP contribution in [0, 0.1) is 11.2 Å². The molecular formula is C26H24F4N2O2. The number of ketones is 1. The molecular weight excluding hydrogens is 448 g/mol. The van der Waals surface area contributed by atoms with Crippen LogP contribution in [0.15, 0.2) is 71.1 Å². The van der Waals surface area contributed by atoms with Crippen LogP contribution in [0.25, 0.3) is 0 Å². The molecule has 1 heterocycles. The van der Waals surface area contributed by atoms with Gasteiger partial charge in [0.05, 0.1) is 5.56 Å². The normalized spacial score (nSPS) is 20.1. The quantitative estimate of drug-likeness (QED) is 0.532. The van der Waals surface area contributed by atoms with E-state index in [0.29, 0.717) is 17.8 Å². The van der Waals surface area contributed by atoms with Crippen molar-refractivity contribution in [2.75, 3.05) is 5.32 Å². The van der Waals surface area contributed by atoms with E-state index in [-0.39, 0.29) is 40.0 Å². The van der Waals surface area contributed by atoms with Crippen LogP contribution in [0.3, 0.4) is 0 Å². The Morgan fingerprint density at radius 1 is 1.06 bits per heavy atom. The number of carbonyl (C=O) groups is 2. The number of Topliss-reactive ketones (excluding diaryl/α,β-unsaturated/α-hetero) is 1. The van der Waals surface area contributed by atoms with Gasteiger partial charge in [-0.2, -0.15) is 13.2 Å². The SMILES string of the molecule is CC1=C(C(=O)Nc2ccc(F)cc2)[C@@H](c2ccccc2C(F)(F)F)C2=C(CC(C)(C)CC2=O)N1. The molecule has 178 valence electrons. The number of benzene rings is 2. The third-order valence-corrected chi connectivity index (χ3v) is 6.16. The van der Waals surface area contributed by atoms with Crippen molar-refractivity contribution in [2.24, 2.45) is 5.41 Å². The molecule has 1 aliphatic carbocycles. The molecule has 0 unspecified atom stereocenters. The van der Waals surface area contributed by atoms with Gasteiger partial charge in [0.25, 0.3) is 5.91 Å². The Balaban J connectivity index is 1.88. The molecule has 2 aromatic rings. The van der Waals surface area contributed by atoms with Crippen molar-refractivity contribution >= 4 is 17.4 Å². The summed E-state index contributed by atoms with van der Waals surface area (Å²) in [4.78, 5) is 26.7. The molecule has 4 rings (SSSR count). The van der Waals surface area contributed by atoms with E-state index in [1.807, 2.05) is 13.8 Å². The number of hydrogen-bond donors (Lipinski definition) is 2. The van der Waals surface area contributed by atoms with Gasteiger partial charge in [-0.3, -0.25) is 9.59 Å². The third kappa shape index (κ3) is 4.49. The van der Waals surface area contributed by atoms with Crippen molar-refractivity contribution in [3.05, 3.63) is 88.0 Å². The summed E-state index contributed by atoms with van der Waals surface area (Å²) in [5.41, 5.74) is -0.0217. The Morgan fingerprint density at radius 3 is 2.35 bits per heavy atom. The highest BCUT2D eigenvalue weighted by molar-refractivity contribution is 6.10. The first-order valence-corrected chi connectivity index (χ1v) is 10.8. The van der Waals surface area contributed by atoms with Crippen molar-refractivity contribution in [3.63, 3.8) is 0 Å². The van der Waals surface area contributed by atoms with Crippen LogP contribution < -0.4 is 10.6 Å². The van der Waals surface area contributed by atoms with E-state index >= 15 is 0 Å². The third-order valence-electron chi connectivity index (χ3n) is 6.16. The minimum atomic E-state index is -4.67. The largest absolute Gasteiger partial charge is 0.416 e.